The normalized spacial score (nSPS) is 11.5. The number of aryl methyl sites for hydroxylation is 1. The molecule has 2 N–H and O–H groups in total. The van der Waals surface area contributed by atoms with Gasteiger partial charge < -0.3 is 10.3 Å². The minimum absolute atomic E-state index is 0.179. The number of H-pyrrole nitrogens is 1. The van der Waals surface area contributed by atoms with E-state index in [0.717, 1.165) is 22.0 Å². The van der Waals surface area contributed by atoms with Gasteiger partial charge in [-0.1, -0.05) is 42.0 Å². The summed E-state index contributed by atoms with van der Waals surface area (Å²) < 4.78 is 0. The van der Waals surface area contributed by atoms with Gasteiger partial charge in [0.1, 0.15) is 0 Å². The van der Waals surface area contributed by atoms with Crippen molar-refractivity contribution in [1.82, 2.24) is 10.3 Å². The highest BCUT2D eigenvalue weighted by molar-refractivity contribution is 5.97. The second kappa shape index (κ2) is 7.18. The fourth-order valence-corrected chi connectivity index (χ4v) is 2.68. The Balaban J connectivity index is 1.75. The molecular formula is C21H20N2O2. The smallest absolute Gasteiger partial charge is 0.253 e. The second-order valence-corrected chi connectivity index (χ2v) is 6.14. The molecule has 0 unspecified atom stereocenters. The van der Waals surface area contributed by atoms with Crippen LogP contribution in [0.15, 0.2) is 65.0 Å². The molecular weight excluding hydrogens is 312 g/mol. The van der Waals surface area contributed by atoms with Crippen molar-refractivity contribution in [2.75, 3.05) is 0 Å². The van der Waals surface area contributed by atoms with Gasteiger partial charge in [0, 0.05) is 23.2 Å². The summed E-state index contributed by atoms with van der Waals surface area (Å²) in [7, 11) is 0. The van der Waals surface area contributed by atoms with Crippen molar-refractivity contribution in [2.45, 2.75) is 20.4 Å². The number of fused-ring (bicyclic) bond motifs is 1. The highest BCUT2D eigenvalue weighted by Gasteiger charge is 2.07. The van der Waals surface area contributed by atoms with Crippen molar-refractivity contribution >= 4 is 22.9 Å². The van der Waals surface area contributed by atoms with Crippen molar-refractivity contribution in [3.63, 3.8) is 0 Å². The van der Waals surface area contributed by atoms with Crippen LogP contribution in [0.1, 0.15) is 23.6 Å². The van der Waals surface area contributed by atoms with Crippen molar-refractivity contribution in [1.29, 1.82) is 0 Å². The lowest BCUT2D eigenvalue weighted by Gasteiger charge is -2.07. The van der Waals surface area contributed by atoms with Crippen molar-refractivity contribution in [2.24, 2.45) is 0 Å². The summed E-state index contributed by atoms with van der Waals surface area (Å²) in [6, 6.07) is 17.3. The van der Waals surface area contributed by atoms with E-state index in [1.165, 1.54) is 0 Å². The lowest BCUT2D eigenvalue weighted by atomic mass is 10.1. The molecule has 1 amide bonds. The lowest BCUT2D eigenvalue weighted by Crippen LogP contribution is -2.27. The molecule has 25 heavy (non-hydrogen) atoms. The van der Waals surface area contributed by atoms with Gasteiger partial charge in [0.2, 0.25) is 5.91 Å². The second-order valence-electron chi connectivity index (χ2n) is 6.14. The Hall–Kier alpha value is -3.14. The standard InChI is InChI=1S/C21H20N2O2/c1-14-8-9-19-17(10-14)12-18(21(25)23-19)13-22-20(24)15(2)11-16-6-4-3-5-7-16/h3-12H,13H2,1-2H3,(H,22,24)(H,23,25)/b15-11+. The summed E-state index contributed by atoms with van der Waals surface area (Å²) in [4.78, 5) is 27.3. The average Bonchev–Trinajstić information content (AvgIpc) is 2.60. The highest BCUT2D eigenvalue weighted by atomic mass is 16.1. The van der Waals surface area contributed by atoms with Gasteiger partial charge in [0.25, 0.3) is 5.56 Å². The van der Waals surface area contributed by atoms with E-state index < -0.39 is 0 Å². The Morgan fingerprint density at radius 2 is 1.88 bits per heavy atom. The van der Waals surface area contributed by atoms with Gasteiger partial charge in [-0.15, -0.1) is 0 Å². The molecule has 0 atom stereocenters. The molecule has 126 valence electrons. The monoisotopic (exact) mass is 332 g/mol. The molecule has 4 heteroatoms. The van der Waals surface area contributed by atoms with Crippen molar-refractivity contribution < 1.29 is 4.79 Å². The third-order valence-corrected chi connectivity index (χ3v) is 4.06. The minimum Gasteiger partial charge on any atom is -0.348 e. The van der Waals surface area contributed by atoms with Crippen LogP contribution in [0.2, 0.25) is 0 Å². The van der Waals surface area contributed by atoms with E-state index in [4.69, 9.17) is 0 Å². The number of rotatable bonds is 4. The molecule has 1 heterocycles. The molecule has 1 aromatic heterocycles. The highest BCUT2D eigenvalue weighted by Crippen LogP contribution is 2.13. The van der Waals surface area contributed by atoms with Crippen LogP contribution in [0.25, 0.3) is 17.0 Å². The summed E-state index contributed by atoms with van der Waals surface area (Å²) in [5, 5.41) is 3.77. The van der Waals surface area contributed by atoms with Crippen LogP contribution in [0.5, 0.6) is 0 Å². The Morgan fingerprint density at radius 1 is 1.12 bits per heavy atom. The zero-order valence-corrected chi connectivity index (χ0v) is 14.3. The molecule has 0 bridgehead atoms. The van der Waals surface area contributed by atoms with Gasteiger partial charge in [-0.25, -0.2) is 0 Å². The summed E-state index contributed by atoms with van der Waals surface area (Å²) in [5.74, 6) is -0.187. The van der Waals surface area contributed by atoms with E-state index in [1.807, 2.05) is 67.6 Å². The minimum atomic E-state index is -0.187. The molecule has 3 rings (SSSR count). The van der Waals surface area contributed by atoms with E-state index >= 15 is 0 Å². The zero-order valence-electron chi connectivity index (χ0n) is 14.3. The van der Waals surface area contributed by atoms with E-state index in [-0.39, 0.29) is 18.0 Å². The number of aromatic amines is 1. The van der Waals surface area contributed by atoms with Gasteiger partial charge in [-0.05, 0) is 49.1 Å². The Bertz CT molecular complexity index is 1000. The number of carbonyl (C=O) groups excluding carboxylic acids is 1. The summed E-state index contributed by atoms with van der Waals surface area (Å²) in [6.07, 6.45) is 1.82. The quantitative estimate of drug-likeness (QED) is 0.718. The maximum atomic E-state index is 12.3. The molecule has 4 nitrogen and oxygen atoms in total. The molecule has 3 aromatic rings. The number of hydrogen-bond acceptors (Lipinski definition) is 2. The number of aromatic nitrogens is 1. The third kappa shape index (κ3) is 4.04. The van der Waals surface area contributed by atoms with E-state index in [1.54, 1.807) is 6.92 Å². The Morgan fingerprint density at radius 3 is 2.64 bits per heavy atom. The fourth-order valence-electron chi connectivity index (χ4n) is 2.68. The number of hydrogen-bond donors (Lipinski definition) is 2. The molecule has 0 aliphatic carbocycles. The molecule has 0 saturated carbocycles. The number of nitrogens with one attached hydrogen (secondary N) is 2. The fraction of sp³-hybridized carbons (Fsp3) is 0.143. The molecule has 0 aliphatic rings. The number of pyridine rings is 1. The maximum absolute atomic E-state index is 12.3. The van der Waals surface area contributed by atoms with Gasteiger partial charge in [0.05, 0.1) is 0 Å². The first-order chi connectivity index (χ1) is 12.0. The van der Waals surface area contributed by atoms with Crippen LogP contribution in [0.3, 0.4) is 0 Å². The molecule has 0 aliphatic heterocycles. The first-order valence-corrected chi connectivity index (χ1v) is 8.17. The summed E-state index contributed by atoms with van der Waals surface area (Å²) in [6.45, 7) is 3.96. The van der Waals surface area contributed by atoms with E-state index in [9.17, 15) is 9.59 Å². The van der Waals surface area contributed by atoms with Crippen molar-refractivity contribution in [3.05, 3.63) is 87.2 Å². The predicted molar refractivity (Wildman–Crippen MR) is 101 cm³/mol. The van der Waals surface area contributed by atoms with Crippen LogP contribution in [0.4, 0.5) is 0 Å². The lowest BCUT2D eigenvalue weighted by molar-refractivity contribution is -0.117. The third-order valence-electron chi connectivity index (χ3n) is 4.06. The van der Waals surface area contributed by atoms with Crippen LogP contribution in [-0.2, 0) is 11.3 Å². The number of benzene rings is 2. The number of carbonyl (C=O) groups is 1. The maximum Gasteiger partial charge on any atom is 0.253 e. The molecule has 2 aromatic carbocycles. The van der Waals surface area contributed by atoms with Crippen molar-refractivity contribution in [3.8, 4) is 0 Å². The molecule has 0 fully saturated rings. The molecule has 0 spiro atoms. The average molecular weight is 332 g/mol. The largest absolute Gasteiger partial charge is 0.348 e. The number of amides is 1. The molecule has 0 radical (unpaired) electrons. The Labute approximate surface area is 146 Å². The van der Waals surface area contributed by atoms with Crippen LogP contribution in [0, 0.1) is 6.92 Å². The zero-order chi connectivity index (χ0) is 17.8. The SMILES string of the molecule is C/C(=C\c1ccccc1)C(=O)NCc1cc2cc(C)ccc2[nH]c1=O. The van der Waals surface area contributed by atoms with Crippen LogP contribution >= 0.6 is 0 Å². The van der Waals surface area contributed by atoms with Gasteiger partial charge >= 0.3 is 0 Å². The van der Waals surface area contributed by atoms with E-state index in [0.29, 0.717) is 11.1 Å². The first kappa shape index (κ1) is 16.7. The topological polar surface area (TPSA) is 62.0 Å². The Kier molecular flexibility index (Phi) is 4.80. The van der Waals surface area contributed by atoms with Gasteiger partial charge in [0.15, 0.2) is 0 Å². The summed E-state index contributed by atoms with van der Waals surface area (Å²) in [5.41, 5.74) is 3.84. The molecule has 0 saturated heterocycles. The van der Waals surface area contributed by atoms with Gasteiger partial charge in [-0.3, -0.25) is 9.59 Å². The predicted octanol–water partition coefficient (Wildman–Crippen LogP) is 3.56. The first-order valence-electron chi connectivity index (χ1n) is 8.17. The van der Waals surface area contributed by atoms with Gasteiger partial charge in [-0.2, -0.15) is 0 Å². The van der Waals surface area contributed by atoms with Crippen LogP contribution < -0.4 is 10.9 Å². The summed E-state index contributed by atoms with van der Waals surface area (Å²) >= 11 is 0. The van der Waals surface area contributed by atoms with E-state index in [2.05, 4.69) is 10.3 Å². The van der Waals surface area contributed by atoms with Crippen LogP contribution in [-0.4, -0.2) is 10.9 Å².